The number of phenols is 1. The summed E-state index contributed by atoms with van der Waals surface area (Å²) in [5, 5.41) is 13.5. The highest BCUT2D eigenvalue weighted by Gasteiger charge is 2.24. The van der Waals surface area contributed by atoms with Crippen molar-refractivity contribution in [3.8, 4) is 17.2 Å². The minimum atomic E-state index is 0. The van der Waals surface area contributed by atoms with E-state index in [4.69, 9.17) is 9.47 Å². The van der Waals surface area contributed by atoms with Crippen molar-refractivity contribution < 1.29 is 14.6 Å². The van der Waals surface area contributed by atoms with E-state index in [1.807, 2.05) is 19.1 Å². The summed E-state index contributed by atoms with van der Waals surface area (Å²) < 4.78 is 10.6. The second-order valence-corrected chi connectivity index (χ2v) is 5.74. The molecule has 5 nitrogen and oxygen atoms in total. The molecule has 2 N–H and O–H groups in total. The number of piperazine rings is 1. The van der Waals surface area contributed by atoms with Crippen LogP contribution in [0, 0.1) is 0 Å². The number of hydrogen-bond acceptors (Lipinski definition) is 5. The zero-order valence-corrected chi connectivity index (χ0v) is 16.1. The quantitative estimate of drug-likeness (QED) is 0.744. The lowest BCUT2D eigenvalue weighted by molar-refractivity contribution is 0.171. The van der Waals surface area contributed by atoms with Gasteiger partial charge in [-0.05, 0) is 31.0 Å². The summed E-state index contributed by atoms with van der Waals surface area (Å²) in [6.45, 7) is 10.1. The molecule has 1 aromatic carbocycles. The predicted molar refractivity (Wildman–Crippen MR) is 102 cm³/mol. The van der Waals surface area contributed by atoms with Crippen molar-refractivity contribution in [3.05, 3.63) is 29.8 Å². The molecule has 1 aliphatic rings. The zero-order chi connectivity index (χ0) is 16.1. The van der Waals surface area contributed by atoms with Crippen LogP contribution in [0.3, 0.4) is 0 Å². The lowest BCUT2D eigenvalue weighted by atomic mass is 9.97. The van der Waals surface area contributed by atoms with Crippen LogP contribution in [0.1, 0.15) is 24.9 Å². The maximum atomic E-state index is 10.1. The highest BCUT2D eigenvalue weighted by Crippen LogP contribution is 2.41. The van der Waals surface area contributed by atoms with Crippen LogP contribution in [-0.4, -0.2) is 50.4 Å². The van der Waals surface area contributed by atoms with Crippen molar-refractivity contribution in [1.29, 1.82) is 0 Å². The van der Waals surface area contributed by atoms with Gasteiger partial charge in [-0.15, -0.1) is 31.4 Å². The van der Waals surface area contributed by atoms with E-state index in [0.717, 1.165) is 43.7 Å². The fourth-order valence-electron chi connectivity index (χ4n) is 2.89. The van der Waals surface area contributed by atoms with Crippen molar-refractivity contribution in [1.82, 2.24) is 10.2 Å². The summed E-state index contributed by atoms with van der Waals surface area (Å²) in [4.78, 5) is 2.44. The van der Waals surface area contributed by atoms with E-state index in [1.54, 1.807) is 14.2 Å². The molecule has 0 radical (unpaired) electrons. The molecule has 138 valence electrons. The van der Waals surface area contributed by atoms with E-state index < -0.39 is 0 Å². The van der Waals surface area contributed by atoms with E-state index in [-0.39, 0.29) is 36.6 Å². The number of phenolic OH excluding ortho intramolecular Hbond substituents is 1. The maximum absolute atomic E-state index is 10.1. The SMILES string of the molecule is C=C(C)C[C@@H](c1cc(OC)c(O)c(OC)c1)N1CCNCC1.Cl.Cl. The van der Waals surface area contributed by atoms with Crippen LogP contribution in [0.25, 0.3) is 0 Å². The monoisotopic (exact) mass is 378 g/mol. The molecular formula is C17H28Cl2N2O3. The summed E-state index contributed by atoms with van der Waals surface area (Å²) in [5.41, 5.74) is 2.21. The van der Waals surface area contributed by atoms with Crippen molar-refractivity contribution in [2.75, 3.05) is 40.4 Å². The Kier molecular flexibility index (Phi) is 10.2. The van der Waals surface area contributed by atoms with Crippen molar-refractivity contribution in [3.63, 3.8) is 0 Å². The second-order valence-electron chi connectivity index (χ2n) is 5.74. The van der Waals surface area contributed by atoms with Crippen LogP contribution < -0.4 is 14.8 Å². The van der Waals surface area contributed by atoms with E-state index >= 15 is 0 Å². The van der Waals surface area contributed by atoms with Crippen LogP contribution in [-0.2, 0) is 0 Å². The van der Waals surface area contributed by atoms with Gasteiger partial charge in [-0.25, -0.2) is 0 Å². The number of rotatable bonds is 6. The van der Waals surface area contributed by atoms with Gasteiger partial charge in [0.15, 0.2) is 11.5 Å². The first-order valence-electron chi connectivity index (χ1n) is 7.60. The average molecular weight is 379 g/mol. The molecule has 24 heavy (non-hydrogen) atoms. The molecule has 0 amide bonds. The summed E-state index contributed by atoms with van der Waals surface area (Å²) >= 11 is 0. The third-order valence-corrected chi connectivity index (χ3v) is 4.02. The van der Waals surface area contributed by atoms with Gasteiger partial charge < -0.3 is 19.9 Å². The highest BCUT2D eigenvalue weighted by atomic mass is 35.5. The Labute approximate surface area is 156 Å². The van der Waals surface area contributed by atoms with Crippen LogP contribution in [0.5, 0.6) is 17.2 Å². The van der Waals surface area contributed by atoms with Gasteiger partial charge in [-0.1, -0.05) is 5.57 Å². The van der Waals surface area contributed by atoms with E-state index in [9.17, 15) is 5.11 Å². The number of methoxy groups -OCH3 is 2. The molecule has 0 bridgehead atoms. The molecule has 1 fully saturated rings. The Morgan fingerprint density at radius 2 is 1.71 bits per heavy atom. The van der Waals surface area contributed by atoms with Gasteiger partial charge in [0, 0.05) is 32.2 Å². The Morgan fingerprint density at radius 1 is 1.21 bits per heavy atom. The van der Waals surface area contributed by atoms with Crippen molar-refractivity contribution in [2.24, 2.45) is 0 Å². The number of halogens is 2. The van der Waals surface area contributed by atoms with Gasteiger partial charge >= 0.3 is 0 Å². The molecule has 1 aliphatic heterocycles. The van der Waals surface area contributed by atoms with Crippen LogP contribution >= 0.6 is 24.8 Å². The summed E-state index contributed by atoms with van der Waals surface area (Å²) in [6.07, 6.45) is 0.872. The first-order valence-corrected chi connectivity index (χ1v) is 7.60. The second kappa shape index (κ2) is 10.7. The minimum Gasteiger partial charge on any atom is -0.502 e. The Morgan fingerprint density at radius 3 is 2.12 bits per heavy atom. The topological polar surface area (TPSA) is 54.0 Å². The molecule has 0 aliphatic carbocycles. The average Bonchev–Trinajstić information content (AvgIpc) is 2.53. The number of hydrogen-bond donors (Lipinski definition) is 2. The van der Waals surface area contributed by atoms with Gasteiger partial charge in [0.25, 0.3) is 0 Å². The molecule has 1 saturated heterocycles. The van der Waals surface area contributed by atoms with Gasteiger partial charge in [-0.2, -0.15) is 0 Å². The molecule has 0 saturated carbocycles. The van der Waals surface area contributed by atoms with E-state index in [0.29, 0.717) is 11.5 Å². The molecule has 7 heteroatoms. The van der Waals surface area contributed by atoms with Gasteiger partial charge in [0.05, 0.1) is 14.2 Å². The Hall–Kier alpha value is -1.14. The molecule has 0 spiro atoms. The predicted octanol–water partition coefficient (Wildman–Crippen LogP) is 3.17. The molecule has 2 rings (SSSR count). The van der Waals surface area contributed by atoms with Gasteiger partial charge in [0.2, 0.25) is 5.75 Å². The van der Waals surface area contributed by atoms with Crippen molar-refractivity contribution >= 4 is 24.8 Å². The first kappa shape index (κ1) is 22.9. The maximum Gasteiger partial charge on any atom is 0.200 e. The lowest BCUT2D eigenvalue weighted by Crippen LogP contribution is -2.45. The number of nitrogens with zero attached hydrogens (tertiary/aromatic N) is 1. The number of benzene rings is 1. The minimum absolute atomic E-state index is 0. The van der Waals surface area contributed by atoms with E-state index in [2.05, 4.69) is 16.8 Å². The van der Waals surface area contributed by atoms with Crippen LogP contribution in [0.15, 0.2) is 24.3 Å². The fourth-order valence-corrected chi connectivity index (χ4v) is 2.89. The fraction of sp³-hybridized carbons (Fsp3) is 0.529. The van der Waals surface area contributed by atoms with Crippen LogP contribution in [0.4, 0.5) is 0 Å². The number of ether oxygens (including phenoxy) is 2. The van der Waals surface area contributed by atoms with Gasteiger partial charge in [0.1, 0.15) is 0 Å². The molecule has 1 heterocycles. The highest BCUT2D eigenvalue weighted by molar-refractivity contribution is 5.85. The lowest BCUT2D eigenvalue weighted by Gasteiger charge is -2.35. The normalized spacial score (nSPS) is 15.6. The molecule has 0 unspecified atom stereocenters. The molecular weight excluding hydrogens is 351 g/mol. The van der Waals surface area contributed by atoms with Crippen LogP contribution in [0.2, 0.25) is 0 Å². The number of nitrogens with one attached hydrogen (secondary N) is 1. The van der Waals surface area contributed by atoms with Crippen molar-refractivity contribution in [2.45, 2.75) is 19.4 Å². The Balaban J connectivity index is 0.00000264. The zero-order valence-electron chi connectivity index (χ0n) is 14.5. The summed E-state index contributed by atoms with van der Waals surface area (Å²) in [7, 11) is 3.10. The van der Waals surface area contributed by atoms with E-state index in [1.165, 1.54) is 0 Å². The molecule has 1 atom stereocenters. The standard InChI is InChI=1S/C17H26N2O3.2ClH/c1-12(2)9-14(19-7-5-18-6-8-19)13-10-15(21-3)17(20)16(11-13)22-4;;/h10-11,14,18,20H,1,5-9H2,2-4H3;2*1H/t14-;;/m0../s1. The molecule has 0 aromatic heterocycles. The largest absolute Gasteiger partial charge is 0.502 e. The number of aromatic hydroxyl groups is 1. The first-order chi connectivity index (χ1) is 10.6. The molecule has 1 aromatic rings. The Bertz CT molecular complexity index is 510. The summed E-state index contributed by atoms with van der Waals surface area (Å²) in [6, 6.07) is 4.00. The van der Waals surface area contributed by atoms with Gasteiger partial charge in [-0.3, -0.25) is 4.90 Å². The third kappa shape index (κ3) is 5.45. The third-order valence-electron chi connectivity index (χ3n) is 4.02. The summed E-state index contributed by atoms with van der Waals surface area (Å²) in [5.74, 6) is 0.926. The smallest absolute Gasteiger partial charge is 0.200 e.